The molecule has 0 unspecified atom stereocenters. The molecule has 122 valence electrons. The molecule has 1 aromatic carbocycles. The van der Waals surface area contributed by atoms with E-state index >= 15 is 0 Å². The second kappa shape index (κ2) is 7.33. The Balaban J connectivity index is 1.84. The topological polar surface area (TPSA) is 68.5 Å². The number of nitrogens with one attached hydrogen (secondary N) is 1. The van der Waals surface area contributed by atoms with Crippen molar-refractivity contribution in [2.75, 3.05) is 6.61 Å². The largest absolute Gasteiger partial charge is 0.465 e. The molecule has 0 atom stereocenters. The first-order chi connectivity index (χ1) is 10.9. The SMILES string of the molecule is Cc1oc(C)c(C(=O)OCC(=O)NCc2ccc(Cl)cc2)c1C. The van der Waals surface area contributed by atoms with E-state index in [1.807, 2.05) is 12.1 Å². The minimum absolute atomic E-state index is 0.338. The van der Waals surface area contributed by atoms with E-state index < -0.39 is 5.97 Å². The van der Waals surface area contributed by atoms with Crippen LogP contribution in [0.2, 0.25) is 5.02 Å². The Bertz CT molecular complexity index is 719. The molecule has 0 saturated carbocycles. The molecule has 0 bridgehead atoms. The predicted octanol–water partition coefficient (Wildman–Crippen LogP) is 3.33. The number of halogens is 1. The van der Waals surface area contributed by atoms with E-state index in [9.17, 15) is 9.59 Å². The number of rotatable bonds is 5. The van der Waals surface area contributed by atoms with Crippen molar-refractivity contribution in [3.05, 3.63) is 57.5 Å². The molecule has 5 nitrogen and oxygen atoms in total. The van der Waals surface area contributed by atoms with Crippen molar-refractivity contribution in [2.24, 2.45) is 0 Å². The monoisotopic (exact) mass is 335 g/mol. The van der Waals surface area contributed by atoms with E-state index in [2.05, 4.69) is 5.32 Å². The maximum atomic E-state index is 12.0. The van der Waals surface area contributed by atoms with Crippen LogP contribution in [0.25, 0.3) is 0 Å². The summed E-state index contributed by atoms with van der Waals surface area (Å²) >= 11 is 5.79. The molecule has 0 saturated heterocycles. The number of furan rings is 1. The van der Waals surface area contributed by atoms with E-state index in [1.165, 1.54) is 0 Å². The summed E-state index contributed by atoms with van der Waals surface area (Å²) in [4.78, 5) is 23.8. The minimum Gasteiger partial charge on any atom is -0.465 e. The van der Waals surface area contributed by atoms with Gasteiger partial charge in [0.1, 0.15) is 17.1 Å². The number of esters is 1. The van der Waals surface area contributed by atoms with Crippen molar-refractivity contribution in [3.8, 4) is 0 Å². The van der Waals surface area contributed by atoms with Crippen LogP contribution in [0.15, 0.2) is 28.7 Å². The Kier molecular flexibility index (Phi) is 5.45. The van der Waals surface area contributed by atoms with E-state index in [0.29, 0.717) is 28.7 Å². The normalized spacial score (nSPS) is 10.4. The number of carbonyl (C=O) groups excluding carboxylic acids is 2. The van der Waals surface area contributed by atoms with Crippen LogP contribution in [0.4, 0.5) is 0 Å². The molecule has 23 heavy (non-hydrogen) atoms. The van der Waals surface area contributed by atoms with Crippen LogP contribution >= 0.6 is 11.6 Å². The molecule has 1 amide bonds. The van der Waals surface area contributed by atoms with Gasteiger partial charge in [0.2, 0.25) is 0 Å². The fourth-order valence-electron chi connectivity index (χ4n) is 2.15. The van der Waals surface area contributed by atoms with Gasteiger partial charge in [0.05, 0.1) is 0 Å². The molecule has 0 aliphatic heterocycles. The summed E-state index contributed by atoms with van der Waals surface area (Å²) in [6.45, 7) is 5.25. The molecule has 0 spiro atoms. The smallest absolute Gasteiger partial charge is 0.342 e. The molecule has 1 N–H and O–H groups in total. The van der Waals surface area contributed by atoms with Crippen LogP contribution in [-0.4, -0.2) is 18.5 Å². The third-order valence-corrected chi connectivity index (χ3v) is 3.75. The van der Waals surface area contributed by atoms with Gasteiger partial charge in [0, 0.05) is 17.1 Å². The number of aryl methyl sites for hydroxylation is 2. The van der Waals surface area contributed by atoms with Crippen molar-refractivity contribution in [1.82, 2.24) is 5.32 Å². The van der Waals surface area contributed by atoms with Gasteiger partial charge in [0.15, 0.2) is 6.61 Å². The number of hydrogen-bond acceptors (Lipinski definition) is 4. The summed E-state index contributed by atoms with van der Waals surface area (Å²) in [5, 5.41) is 3.31. The number of amides is 1. The van der Waals surface area contributed by atoms with Gasteiger partial charge in [-0.1, -0.05) is 23.7 Å². The zero-order valence-corrected chi connectivity index (χ0v) is 14.0. The average Bonchev–Trinajstić information content (AvgIpc) is 2.77. The summed E-state index contributed by atoms with van der Waals surface area (Å²) in [5.74, 6) is 0.232. The average molecular weight is 336 g/mol. The zero-order valence-electron chi connectivity index (χ0n) is 13.2. The Morgan fingerprint density at radius 1 is 1.13 bits per heavy atom. The quantitative estimate of drug-likeness (QED) is 0.851. The highest BCUT2D eigenvalue weighted by Gasteiger charge is 2.20. The first-order valence-corrected chi connectivity index (χ1v) is 7.51. The van der Waals surface area contributed by atoms with Crippen molar-refractivity contribution in [1.29, 1.82) is 0 Å². The highest BCUT2D eigenvalue weighted by atomic mass is 35.5. The molecule has 6 heteroatoms. The van der Waals surface area contributed by atoms with Crippen LogP contribution in [0, 0.1) is 20.8 Å². The lowest BCUT2D eigenvalue weighted by molar-refractivity contribution is -0.124. The summed E-state index contributed by atoms with van der Waals surface area (Å²) in [6.07, 6.45) is 0. The second-order valence-corrected chi connectivity index (χ2v) is 5.63. The fraction of sp³-hybridized carbons (Fsp3) is 0.294. The predicted molar refractivity (Wildman–Crippen MR) is 86.5 cm³/mol. The zero-order chi connectivity index (χ0) is 17.0. The number of carbonyl (C=O) groups is 2. The standard InChI is InChI=1S/C17H18ClNO4/c1-10-11(2)23-12(3)16(10)17(21)22-9-15(20)19-8-13-4-6-14(18)7-5-13/h4-7H,8-9H2,1-3H3,(H,19,20). The van der Waals surface area contributed by atoms with Gasteiger partial charge < -0.3 is 14.5 Å². The Hall–Kier alpha value is -2.27. The summed E-state index contributed by atoms with van der Waals surface area (Å²) < 4.78 is 10.4. The van der Waals surface area contributed by atoms with E-state index in [4.69, 9.17) is 20.8 Å². The third kappa shape index (κ3) is 4.36. The maximum absolute atomic E-state index is 12.0. The van der Waals surface area contributed by atoms with Crippen molar-refractivity contribution in [2.45, 2.75) is 27.3 Å². The van der Waals surface area contributed by atoms with Gasteiger partial charge in [-0.15, -0.1) is 0 Å². The lowest BCUT2D eigenvalue weighted by atomic mass is 10.1. The number of benzene rings is 1. The van der Waals surface area contributed by atoms with Crippen LogP contribution in [-0.2, 0) is 16.1 Å². The van der Waals surface area contributed by atoms with Gasteiger partial charge >= 0.3 is 5.97 Å². The number of ether oxygens (including phenoxy) is 1. The Morgan fingerprint density at radius 2 is 1.78 bits per heavy atom. The summed E-state index contributed by atoms with van der Waals surface area (Å²) in [5.41, 5.74) is 2.02. The van der Waals surface area contributed by atoms with Crippen LogP contribution in [0.5, 0.6) is 0 Å². The molecule has 2 aromatic rings. The van der Waals surface area contributed by atoms with Gasteiger partial charge in [-0.2, -0.15) is 0 Å². The van der Waals surface area contributed by atoms with Gasteiger partial charge in [-0.25, -0.2) is 4.79 Å². The molecular weight excluding hydrogens is 318 g/mol. The van der Waals surface area contributed by atoms with Crippen molar-refractivity contribution >= 4 is 23.5 Å². The minimum atomic E-state index is -0.557. The second-order valence-electron chi connectivity index (χ2n) is 5.19. The lowest BCUT2D eigenvalue weighted by Crippen LogP contribution is -2.28. The molecule has 0 aliphatic rings. The first kappa shape index (κ1) is 17.1. The van der Waals surface area contributed by atoms with E-state index in [0.717, 1.165) is 11.1 Å². The third-order valence-electron chi connectivity index (χ3n) is 3.50. The molecule has 1 aromatic heterocycles. The van der Waals surface area contributed by atoms with Crippen LogP contribution in [0.3, 0.4) is 0 Å². The van der Waals surface area contributed by atoms with E-state index in [-0.39, 0.29) is 12.5 Å². The summed E-state index contributed by atoms with van der Waals surface area (Å²) in [7, 11) is 0. The first-order valence-electron chi connectivity index (χ1n) is 7.13. The van der Waals surface area contributed by atoms with Crippen LogP contribution < -0.4 is 5.32 Å². The maximum Gasteiger partial charge on any atom is 0.342 e. The van der Waals surface area contributed by atoms with Gasteiger partial charge in [-0.05, 0) is 38.5 Å². The van der Waals surface area contributed by atoms with Gasteiger partial charge in [-0.3, -0.25) is 4.79 Å². The lowest BCUT2D eigenvalue weighted by Gasteiger charge is -2.07. The highest BCUT2D eigenvalue weighted by molar-refractivity contribution is 6.30. The van der Waals surface area contributed by atoms with Crippen molar-refractivity contribution < 1.29 is 18.7 Å². The molecular formula is C17H18ClNO4. The van der Waals surface area contributed by atoms with E-state index in [1.54, 1.807) is 32.9 Å². The number of hydrogen-bond donors (Lipinski definition) is 1. The summed E-state index contributed by atoms with van der Waals surface area (Å²) in [6, 6.07) is 7.12. The van der Waals surface area contributed by atoms with Gasteiger partial charge in [0.25, 0.3) is 5.91 Å². The Labute approximate surface area is 139 Å². The van der Waals surface area contributed by atoms with Crippen molar-refractivity contribution in [3.63, 3.8) is 0 Å². The van der Waals surface area contributed by atoms with Crippen LogP contribution in [0.1, 0.15) is 33.0 Å². The Morgan fingerprint density at radius 3 is 2.35 bits per heavy atom. The highest BCUT2D eigenvalue weighted by Crippen LogP contribution is 2.21. The molecule has 2 rings (SSSR count). The molecule has 0 radical (unpaired) electrons. The molecule has 0 aliphatic carbocycles. The fourth-order valence-corrected chi connectivity index (χ4v) is 2.28. The molecule has 0 fully saturated rings. The molecule has 1 heterocycles.